The van der Waals surface area contributed by atoms with Crippen LogP contribution < -0.4 is 10.6 Å². The van der Waals surface area contributed by atoms with Gasteiger partial charge in [-0.05, 0) is 37.5 Å². The van der Waals surface area contributed by atoms with Crippen molar-refractivity contribution in [3.05, 3.63) is 28.8 Å². The van der Waals surface area contributed by atoms with Gasteiger partial charge in [-0.15, -0.1) is 0 Å². The third-order valence-electron chi connectivity index (χ3n) is 2.66. The van der Waals surface area contributed by atoms with Crippen molar-refractivity contribution in [3.63, 3.8) is 0 Å². The lowest BCUT2D eigenvalue weighted by atomic mass is 10.2. The Morgan fingerprint density at radius 3 is 2.83 bits per heavy atom. The second kappa shape index (κ2) is 7.24. The van der Waals surface area contributed by atoms with Crippen LogP contribution in [0.5, 0.6) is 0 Å². The number of rotatable bonds is 5. The molecule has 1 aromatic carbocycles. The van der Waals surface area contributed by atoms with Crippen LogP contribution in [0, 0.1) is 6.92 Å². The van der Waals surface area contributed by atoms with Crippen LogP contribution in [0.3, 0.4) is 0 Å². The van der Waals surface area contributed by atoms with Crippen molar-refractivity contribution in [1.29, 1.82) is 0 Å². The molecule has 0 aliphatic carbocycles. The average Bonchev–Trinajstić information content (AvgIpc) is 2.33. The molecular formula is C13H19ClN2O2. The lowest BCUT2D eigenvalue weighted by Crippen LogP contribution is -2.31. The Morgan fingerprint density at radius 2 is 2.22 bits per heavy atom. The molecule has 0 spiro atoms. The van der Waals surface area contributed by atoms with E-state index in [-0.39, 0.29) is 12.1 Å². The molecule has 1 unspecified atom stereocenters. The van der Waals surface area contributed by atoms with E-state index in [2.05, 4.69) is 10.6 Å². The van der Waals surface area contributed by atoms with Gasteiger partial charge in [-0.1, -0.05) is 24.6 Å². The van der Waals surface area contributed by atoms with Crippen LogP contribution in [-0.2, 0) is 0 Å². The van der Waals surface area contributed by atoms with Gasteiger partial charge in [0.05, 0.1) is 6.10 Å². The first-order chi connectivity index (χ1) is 8.52. The highest BCUT2D eigenvalue weighted by atomic mass is 35.5. The van der Waals surface area contributed by atoms with Gasteiger partial charge in [-0.2, -0.15) is 0 Å². The van der Waals surface area contributed by atoms with Crippen LogP contribution in [0.4, 0.5) is 10.5 Å². The lowest BCUT2D eigenvalue weighted by molar-refractivity contribution is 0.160. The number of halogens is 1. The Labute approximate surface area is 112 Å². The first-order valence-electron chi connectivity index (χ1n) is 6.02. The highest BCUT2D eigenvalue weighted by Crippen LogP contribution is 2.19. The number of carbonyl (C=O) groups is 1. The van der Waals surface area contributed by atoms with Crippen molar-refractivity contribution < 1.29 is 9.90 Å². The minimum Gasteiger partial charge on any atom is -0.393 e. The number of aryl methyl sites for hydroxylation is 1. The number of anilines is 1. The zero-order chi connectivity index (χ0) is 13.5. The molecule has 1 aromatic rings. The molecule has 5 heteroatoms. The summed E-state index contributed by atoms with van der Waals surface area (Å²) in [6, 6.07) is 5.05. The predicted octanol–water partition coefficient (Wildman–Crippen LogP) is 2.93. The van der Waals surface area contributed by atoms with Crippen LogP contribution in [0.25, 0.3) is 0 Å². The molecule has 0 aliphatic rings. The molecule has 1 atom stereocenters. The summed E-state index contributed by atoms with van der Waals surface area (Å²) in [5.41, 5.74) is 1.62. The van der Waals surface area contributed by atoms with Crippen LogP contribution in [-0.4, -0.2) is 23.8 Å². The van der Waals surface area contributed by atoms with Crippen molar-refractivity contribution in [1.82, 2.24) is 5.32 Å². The second-order valence-electron chi connectivity index (χ2n) is 4.20. The van der Waals surface area contributed by atoms with Gasteiger partial charge >= 0.3 is 6.03 Å². The number of hydrogen-bond donors (Lipinski definition) is 3. The van der Waals surface area contributed by atoms with Crippen molar-refractivity contribution >= 4 is 23.3 Å². The quantitative estimate of drug-likeness (QED) is 0.770. The Hall–Kier alpha value is -1.26. The summed E-state index contributed by atoms with van der Waals surface area (Å²) in [5, 5.41) is 15.3. The van der Waals surface area contributed by atoms with Gasteiger partial charge in [0.2, 0.25) is 0 Å². The van der Waals surface area contributed by atoms with Gasteiger partial charge in [0.25, 0.3) is 0 Å². The summed E-state index contributed by atoms with van der Waals surface area (Å²) < 4.78 is 0. The third-order valence-corrected chi connectivity index (χ3v) is 3.07. The Bertz CT molecular complexity index is 410. The summed E-state index contributed by atoms with van der Waals surface area (Å²) in [6.07, 6.45) is 0.884. The van der Waals surface area contributed by atoms with Gasteiger partial charge in [0.15, 0.2) is 0 Å². The fraction of sp³-hybridized carbons (Fsp3) is 0.462. The van der Waals surface area contributed by atoms with Gasteiger partial charge in [0, 0.05) is 17.3 Å². The minimum absolute atomic E-state index is 0.293. The smallest absolute Gasteiger partial charge is 0.319 e. The molecule has 0 bridgehead atoms. The van der Waals surface area contributed by atoms with Crippen LogP contribution >= 0.6 is 11.6 Å². The number of aliphatic hydroxyl groups is 1. The summed E-state index contributed by atoms with van der Waals surface area (Å²) in [4.78, 5) is 11.5. The number of nitrogens with one attached hydrogen (secondary N) is 2. The zero-order valence-electron chi connectivity index (χ0n) is 10.7. The van der Waals surface area contributed by atoms with E-state index in [0.29, 0.717) is 30.1 Å². The molecule has 18 heavy (non-hydrogen) atoms. The Kier molecular flexibility index (Phi) is 5.95. The fourth-order valence-corrected chi connectivity index (χ4v) is 1.58. The first-order valence-corrected chi connectivity index (χ1v) is 6.39. The van der Waals surface area contributed by atoms with E-state index in [1.54, 1.807) is 12.1 Å². The molecule has 2 amide bonds. The minimum atomic E-state index is -0.362. The van der Waals surface area contributed by atoms with E-state index in [4.69, 9.17) is 11.6 Å². The molecule has 3 N–H and O–H groups in total. The second-order valence-corrected chi connectivity index (χ2v) is 4.60. The first kappa shape index (κ1) is 14.8. The van der Waals surface area contributed by atoms with E-state index >= 15 is 0 Å². The Morgan fingerprint density at radius 1 is 1.50 bits per heavy atom. The number of amides is 2. The predicted molar refractivity (Wildman–Crippen MR) is 74.1 cm³/mol. The molecule has 0 aliphatic heterocycles. The van der Waals surface area contributed by atoms with Crippen molar-refractivity contribution in [3.8, 4) is 0 Å². The number of urea groups is 1. The molecule has 100 valence electrons. The standard InChI is InChI=1S/C13H19ClN2O2/c1-3-11(17)6-7-15-13(18)16-10-5-4-9(2)12(14)8-10/h4-5,8,11,17H,3,6-7H2,1-2H3,(H2,15,16,18). The normalized spacial score (nSPS) is 12.0. The maximum atomic E-state index is 11.5. The Balaban J connectivity index is 2.38. The molecule has 0 saturated heterocycles. The average molecular weight is 271 g/mol. The van der Waals surface area contributed by atoms with Crippen molar-refractivity contribution in [2.24, 2.45) is 0 Å². The monoisotopic (exact) mass is 270 g/mol. The van der Waals surface area contributed by atoms with Crippen LogP contribution in [0.15, 0.2) is 18.2 Å². The topological polar surface area (TPSA) is 61.4 Å². The molecule has 1 rings (SSSR count). The number of aliphatic hydroxyl groups excluding tert-OH is 1. The molecule has 0 radical (unpaired) electrons. The van der Waals surface area contributed by atoms with E-state index < -0.39 is 0 Å². The van der Waals surface area contributed by atoms with E-state index in [0.717, 1.165) is 5.56 Å². The number of carbonyl (C=O) groups excluding carboxylic acids is 1. The summed E-state index contributed by atoms with van der Waals surface area (Å²) in [5.74, 6) is 0. The van der Waals surface area contributed by atoms with E-state index in [9.17, 15) is 9.90 Å². The van der Waals surface area contributed by atoms with Gasteiger partial charge < -0.3 is 15.7 Å². The largest absolute Gasteiger partial charge is 0.393 e. The molecule has 0 saturated carbocycles. The maximum absolute atomic E-state index is 11.5. The number of hydrogen-bond acceptors (Lipinski definition) is 2. The summed E-state index contributed by atoms with van der Waals surface area (Å²) >= 11 is 5.96. The van der Waals surface area contributed by atoms with E-state index in [1.807, 2.05) is 19.9 Å². The fourth-order valence-electron chi connectivity index (χ4n) is 1.40. The van der Waals surface area contributed by atoms with Gasteiger partial charge in [-0.25, -0.2) is 4.79 Å². The summed E-state index contributed by atoms with van der Waals surface area (Å²) in [6.45, 7) is 4.25. The number of benzene rings is 1. The zero-order valence-corrected chi connectivity index (χ0v) is 11.4. The molecule has 0 fully saturated rings. The molecule has 0 aromatic heterocycles. The maximum Gasteiger partial charge on any atom is 0.319 e. The highest BCUT2D eigenvalue weighted by Gasteiger charge is 2.05. The van der Waals surface area contributed by atoms with Crippen molar-refractivity contribution in [2.75, 3.05) is 11.9 Å². The van der Waals surface area contributed by atoms with Gasteiger partial charge in [0.1, 0.15) is 0 Å². The third kappa shape index (κ3) is 4.94. The molecule has 4 nitrogen and oxygen atoms in total. The molecular weight excluding hydrogens is 252 g/mol. The van der Waals surface area contributed by atoms with Crippen LogP contribution in [0.1, 0.15) is 25.3 Å². The van der Waals surface area contributed by atoms with Crippen molar-refractivity contribution in [2.45, 2.75) is 32.8 Å². The van der Waals surface area contributed by atoms with E-state index in [1.165, 1.54) is 0 Å². The summed E-state index contributed by atoms with van der Waals surface area (Å²) in [7, 11) is 0. The lowest BCUT2D eigenvalue weighted by Gasteiger charge is -2.10. The van der Waals surface area contributed by atoms with Gasteiger partial charge in [-0.3, -0.25) is 0 Å². The molecule has 0 heterocycles. The van der Waals surface area contributed by atoms with Crippen LogP contribution in [0.2, 0.25) is 5.02 Å². The highest BCUT2D eigenvalue weighted by molar-refractivity contribution is 6.31. The SMILES string of the molecule is CCC(O)CCNC(=O)Nc1ccc(C)c(Cl)c1.